The highest BCUT2D eigenvalue weighted by atomic mass is 32.2. The summed E-state index contributed by atoms with van der Waals surface area (Å²) in [6.45, 7) is 2.28. The van der Waals surface area contributed by atoms with Gasteiger partial charge in [-0.15, -0.1) is 0 Å². The van der Waals surface area contributed by atoms with Gasteiger partial charge in [-0.2, -0.15) is 0 Å². The van der Waals surface area contributed by atoms with Crippen molar-refractivity contribution in [3.8, 4) is 11.5 Å². The average molecular weight is 448 g/mol. The predicted octanol–water partition coefficient (Wildman–Crippen LogP) is 2.31. The van der Waals surface area contributed by atoms with Crippen molar-refractivity contribution < 1.29 is 22.7 Å². The Morgan fingerprint density at radius 2 is 1.74 bits per heavy atom. The molecule has 1 heterocycles. The van der Waals surface area contributed by atoms with Crippen LogP contribution in [0.2, 0.25) is 0 Å². The molecule has 0 aliphatic carbocycles. The number of nitrogens with zero attached hydrogens (tertiary/aromatic N) is 1. The molecule has 2 aromatic rings. The zero-order valence-corrected chi connectivity index (χ0v) is 18.7. The fraction of sp³-hybridized carbons (Fsp3) is 0.409. The molecule has 0 unspecified atom stereocenters. The van der Waals surface area contributed by atoms with E-state index in [0.29, 0.717) is 6.54 Å². The molecule has 0 aromatic heterocycles. The third-order valence-electron chi connectivity index (χ3n) is 5.53. The minimum absolute atomic E-state index is 0.0115. The van der Waals surface area contributed by atoms with E-state index in [4.69, 9.17) is 14.6 Å². The van der Waals surface area contributed by atoms with Crippen LogP contribution in [-0.4, -0.2) is 53.1 Å². The Morgan fingerprint density at radius 1 is 1.06 bits per heavy atom. The molecule has 0 bridgehead atoms. The second kappa shape index (κ2) is 10.1. The Labute approximate surface area is 183 Å². The van der Waals surface area contributed by atoms with Crippen LogP contribution in [0.25, 0.3) is 0 Å². The second-order valence-corrected chi connectivity index (χ2v) is 9.06. The molecule has 0 spiro atoms. The van der Waals surface area contributed by atoms with Crippen molar-refractivity contribution in [1.82, 2.24) is 10.2 Å². The first kappa shape index (κ1) is 23.1. The topological polar surface area (TPSA) is 111 Å². The van der Waals surface area contributed by atoms with Crippen LogP contribution >= 0.6 is 0 Å². The lowest BCUT2D eigenvalue weighted by molar-refractivity contribution is 0.0921. The summed E-state index contributed by atoms with van der Waals surface area (Å²) >= 11 is 0. The number of rotatable bonds is 8. The van der Waals surface area contributed by atoms with Gasteiger partial charge in [-0.1, -0.05) is 18.6 Å². The molecule has 31 heavy (non-hydrogen) atoms. The van der Waals surface area contributed by atoms with Gasteiger partial charge in [-0.05, 0) is 61.8 Å². The molecule has 168 valence electrons. The van der Waals surface area contributed by atoms with Gasteiger partial charge in [0.05, 0.1) is 30.7 Å². The zero-order valence-electron chi connectivity index (χ0n) is 17.8. The van der Waals surface area contributed by atoms with Crippen LogP contribution in [0, 0.1) is 0 Å². The highest BCUT2D eigenvalue weighted by molar-refractivity contribution is 7.89. The maximum atomic E-state index is 13.0. The molecule has 9 heteroatoms. The van der Waals surface area contributed by atoms with Crippen LogP contribution in [-0.2, 0) is 10.0 Å². The smallest absolute Gasteiger partial charge is 0.255 e. The normalized spacial score (nSPS) is 15.8. The molecule has 8 nitrogen and oxygen atoms in total. The van der Waals surface area contributed by atoms with Crippen molar-refractivity contribution in [2.45, 2.75) is 30.2 Å². The highest BCUT2D eigenvalue weighted by Gasteiger charge is 2.24. The number of hydrogen-bond acceptors (Lipinski definition) is 6. The van der Waals surface area contributed by atoms with Gasteiger partial charge < -0.3 is 14.8 Å². The van der Waals surface area contributed by atoms with Crippen LogP contribution in [0.3, 0.4) is 0 Å². The quantitative estimate of drug-likeness (QED) is 0.642. The van der Waals surface area contributed by atoms with Crippen LogP contribution in [0.1, 0.15) is 41.2 Å². The molecular formula is C22H29N3O5S. The van der Waals surface area contributed by atoms with E-state index in [1.807, 2.05) is 24.3 Å². The lowest BCUT2D eigenvalue weighted by atomic mass is 10.0. The van der Waals surface area contributed by atoms with Crippen LogP contribution in [0.5, 0.6) is 11.5 Å². The van der Waals surface area contributed by atoms with E-state index < -0.39 is 15.9 Å². The number of likely N-dealkylation sites (tertiary alicyclic amines) is 1. The Balaban J connectivity index is 1.82. The van der Waals surface area contributed by atoms with Crippen LogP contribution in [0.4, 0.5) is 0 Å². The fourth-order valence-electron chi connectivity index (χ4n) is 3.84. The van der Waals surface area contributed by atoms with Gasteiger partial charge in [0.15, 0.2) is 0 Å². The molecule has 1 saturated heterocycles. The number of carbonyl (C=O) groups excluding carboxylic acids is 1. The van der Waals surface area contributed by atoms with Gasteiger partial charge in [-0.3, -0.25) is 9.69 Å². The number of benzene rings is 2. The maximum Gasteiger partial charge on any atom is 0.255 e. The number of amides is 1. The fourth-order valence-corrected chi connectivity index (χ4v) is 4.38. The summed E-state index contributed by atoms with van der Waals surface area (Å²) in [6.07, 6.45) is 3.44. The lowest BCUT2D eigenvalue weighted by Crippen LogP contribution is -2.40. The maximum absolute atomic E-state index is 13.0. The summed E-state index contributed by atoms with van der Waals surface area (Å²) in [7, 11) is -0.885. The SMILES string of the molecule is COc1ccc([C@@H](CNC(=O)c2cc(S(N)(=O)=O)ccc2OC)N2CCCCC2)cc1. The lowest BCUT2D eigenvalue weighted by Gasteiger charge is -2.35. The van der Waals surface area contributed by atoms with Crippen molar-refractivity contribution in [3.63, 3.8) is 0 Å². The molecule has 0 saturated carbocycles. The summed E-state index contributed by atoms with van der Waals surface area (Å²) < 4.78 is 33.9. The summed E-state index contributed by atoms with van der Waals surface area (Å²) in [4.78, 5) is 15.2. The van der Waals surface area contributed by atoms with Crippen molar-refractivity contribution in [2.24, 2.45) is 5.14 Å². The monoisotopic (exact) mass is 447 g/mol. The van der Waals surface area contributed by atoms with Gasteiger partial charge in [0.1, 0.15) is 11.5 Å². The van der Waals surface area contributed by atoms with E-state index in [1.54, 1.807) is 7.11 Å². The van der Waals surface area contributed by atoms with Crippen molar-refractivity contribution in [2.75, 3.05) is 33.9 Å². The standard InChI is InChI=1S/C22H29N3O5S/c1-29-17-8-6-16(7-9-17)20(25-12-4-3-5-13-25)15-24-22(26)19-14-18(31(23,27)28)10-11-21(19)30-2/h6-11,14,20H,3-5,12-13,15H2,1-2H3,(H,24,26)(H2,23,27,28)/t20-/m1/s1. The van der Waals surface area contributed by atoms with E-state index >= 15 is 0 Å². The summed E-state index contributed by atoms with van der Waals surface area (Å²) in [5, 5.41) is 8.17. The van der Waals surface area contributed by atoms with Crippen LogP contribution in [0.15, 0.2) is 47.4 Å². The first-order valence-electron chi connectivity index (χ1n) is 10.2. The zero-order chi connectivity index (χ0) is 22.4. The van der Waals surface area contributed by atoms with E-state index in [2.05, 4.69) is 10.2 Å². The number of nitrogens with two attached hydrogens (primary N) is 1. The number of carbonyl (C=O) groups is 1. The highest BCUT2D eigenvalue weighted by Crippen LogP contribution is 2.27. The molecule has 0 radical (unpaired) electrons. The number of sulfonamides is 1. The largest absolute Gasteiger partial charge is 0.497 e. The molecule has 3 rings (SSSR count). The van der Waals surface area contributed by atoms with Crippen molar-refractivity contribution in [3.05, 3.63) is 53.6 Å². The van der Waals surface area contributed by atoms with Gasteiger partial charge in [0.2, 0.25) is 10.0 Å². The molecular weight excluding hydrogens is 418 g/mol. The number of methoxy groups -OCH3 is 2. The summed E-state index contributed by atoms with van der Waals surface area (Å²) in [5.41, 5.74) is 1.20. The van der Waals surface area contributed by atoms with E-state index in [9.17, 15) is 13.2 Å². The number of ether oxygens (including phenoxy) is 2. The Kier molecular flexibility index (Phi) is 7.53. The Bertz CT molecular complexity index is 1000. The summed E-state index contributed by atoms with van der Waals surface area (Å²) in [5.74, 6) is 0.636. The molecule has 1 fully saturated rings. The summed E-state index contributed by atoms with van der Waals surface area (Å²) in [6, 6.07) is 11.8. The van der Waals surface area contributed by atoms with E-state index in [1.165, 1.54) is 31.7 Å². The first-order chi connectivity index (χ1) is 14.8. The van der Waals surface area contributed by atoms with E-state index in [-0.39, 0.29) is 22.3 Å². The van der Waals surface area contributed by atoms with Crippen LogP contribution < -0.4 is 19.9 Å². The van der Waals surface area contributed by atoms with Gasteiger partial charge in [-0.25, -0.2) is 13.6 Å². The first-order valence-corrected chi connectivity index (χ1v) is 11.7. The number of primary sulfonamides is 1. The molecule has 1 amide bonds. The minimum atomic E-state index is -3.94. The van der Waals surface area contributed by atoms with Gasteiger partial charge in [0.25, 0.3) is 5.91 Å². The number of nitrogens with one attached hydrogen (secondary N) is 1. The molecule has 3 N–H and O–H groups in total. The molecule has 1 atom stereocenters. The molecule has 2 aromatic carbocycles. The van der Waals surface area contributed by atoms with Crippen molar-refractivity contribution >= 4 is 15.9 Å². The second-order valence-electron chi connectivity index (χ2n) is 7.50. The minimum Gasteiger partial charge on any atom is -0.497 e. The Morgan fingerprint density at radius 3 is 2.32 bits per heavy atom. The molecule has 1 aliphatic heterocycles. The van der Waals surface area contributed by atoms with E-state index in [0.717, 1.165) is 37.2 Å². The average Bonchev–Trinajstić information content (AvgIpc) is 2.79. The third-order valence-corrected chi connectivity index (χ3v) is 6.44. The Hall–Kier alpha value is -2.62. The molecule has 1 aliphatic rings. The van der Waals surface area contributed by atoms with Crippen molar-refractivity contribution in [1.29, 1.82) is 0 Å². The number of piperidine rings is 1. The van der Waals surface area contributed by atoms with Gasteiger partial charge >= 0.3 is 0 Å². The third kappa shape index (κ3) is 5.75. The number of hydrogen-bond donors (Lipinski definition) is 2. The van der Waals surface area contributed by atoms with Gasteiger partial charge in [0, 0.05) is 6.54 Å². The predicted molar refractivity (Wildman–Crippen MR) is 118 cm³/mol.